The van der Waals surface area contributed by atoms with Crippen LogP contribution in [-0.4, -0.2) is 49.3 Å². The zero-order valence-corrected chi connectivity index (χ0v) is 54.0. The Balaban J connectivity index is 3.84. The van der Waals surface area contributed by atoms with Crippen LogP contribution in [0.15, 0.2) is 134 Å². The molecular weight excluding hydrogens is 1050 g/mol. The standard InChI is InChI=1S/C73H124NO8P/c1-3-5-7-9-11-13-15-17-19-21-23-25-26-27-28-29-30-31-32-33-34-35-36-37-38-39-40-41-42-43-44-46-47-49-51-53-55-57-59-61-63-65-72(75)79-69-71(70-81-83(77,78)80-68-67-74)82-73(76)66-64-62-60-58-56-54-52-50-48-45-24-22-20-18-16-14-12-10-8-6-4-2/h5-8,11-14,17-20,23-25,27-28,45,50,52,56,58,71H,3-4,9-10,15-16,21-22,26,29-44,46-49,51,53-55,57,59-70,74H2,1-2H3,(H,77,78)/b7-5-,8-6-,13-11-,14-12-,19-17-,20-18-,25-23-,28-27-,45-24-,52-50-,58-56-. The maximum absolute atomic E-state index is 12.7. The molecule has 9 nitrogen and oxygen atoms in total. The molecule has 0 heterocycles. The number of nitrogens with two attached hydrogens (primary N) is 1. The summed E-state index contributed by atoms with van der Waals surface area (Å²) in [6.45, 7) is 3.47. The van der Waals surface area contributed by atoms with Gasteiger partial charge in [0.15, 0.2) is 6.10 Å². The Hall–Kier alpha value is -3.85. The highest BCUT2D eigenvalue weighted by Crippen LogP contribution is 2.43. The third-order valence-corrected chi connectivity index (χ3v) is 15.0. The number of carbonyl (C=O) groups is 2. The molecule has 0 aliphatic rings. The van der Waals surface area contributed by atoms with Gasteiger partial charge in [-0.15, -0.1) is 0 Å². The first-order valence-corrected chi connectivity index (χ1v) is 35.2. The molecule has 0 saturated heterocycles. The molecule has 3 N–H and O–H groups in total. The number of esters is 2. The van der Waals surface area contributed by atoms with Crippen molar-refractivity contribution in [3.8, 4) is 0 Å². The lowest BCUT2D eigenvalue weighted by Gasteiger charge is -2.19. The summed E-state index contributed by atoms with van der Waals surface area (Å²) >= 11 is 0. The van der Waals surface area contributed by atoms with E-state index in [4.69, 9.17) is 24.3 Å². The number of phosphoric ester groups is 1. The number of unbranched alkanes of at least 4 members (excludes halogenated alkanes) is 27. The minimum absolute atomic E-state index is 0.0414. The molecule has 0 aliphatic carbocycles. The molecule has 0 bridgehead atoms. The molecule has 0 saturated carbocycles. The van der Waals surface area contributed by atoms with Crippen molar-refractivity contribution in [1.82, 2.24) is 0 Å². The highest BCUT2D eigenvalue weighted by atomic mass is 31.2. The SMILES string of the molecule is CC/C=C\C/C=C\C/C=C\C/C=C\C/C=C\C/C=C\CCCCC(=O)OC(COC(=O)CCCCCCCCCCCCCCCCCCCCCCCCCCC/C=C\C/C=C\C/C=C\C/C=C\C/C=C\CC)COP(=O)(O)OCCN. The third kappa shape index (κ3) is 67.2. The van der Waals surface area contributed by atoms with E-state index in [1.165, 1.54) is 148 Å². The Morgan fingerprint density at radius 2 is 0.627 bits per heavy atom. The number of carbonyl (C=O) groups excluding carboxylic acids is 2. The van der Waals surface area contributed by atoms with Crippen LogP contribution in [0, 0.1) is 0 Å². The van der Waals surface area contributed by atoms with Gasteiger partial charge < -0.3 is 20.1 Å². The van der Waals surface area contributed by atoms with Crippen LogP contribution in [0.25, 0.3) is 0 Å². The topological polar surface area (TPSA) is 134 Å². The first kappa shape index (κ1) is 79.2. The Labute approximate surface area is 510 Å². The normalized spacial score (nSPS) is 13.8. The van der Waals surface area contributed by atoms with Crippen LogP contribution in [-0.2, 0) is 32.7 Å². The fourth-order valence-electron chi connectivity index (χ4n) is 9.14. The van der Waals surface area contributed by atoms with E-state index in [1.54, 1.807) is 0 Å². The molecule has 83 heavy (non-hydrogen) atoms. The second kappa shape index (κ2) is 67.3. The van der Waals surface area contributed by atoms with E-state index in [-0.39, 0.29) is 32.6 Å². The highest BCUT2D eigenvalue weighted by molar-refractivity contribution is 7.47. The first-order valence-electron chi connectivity index (χ1n) is 33.7. The molecule has 474 valence electrons. The maximum atomic E-state index is 12.7. The van der Waals surface area contributed by atoms with Gasteiger partial charge in [-0.2, -0.15) is 0 Å². The lowest BCUT2D eigenvalue weighted by atomic mass is 10.0. The Bertz CT molecular complexity index is 1820. The van der Waals surface area contributed by atoms with Gasteiger partial charge in [-0.25, -0.2) is 4.57 Å². The van der Waals surface area contributed by atoms with Crippen LogP contribution in [0.5, 0.6) is 0 Å². The van der Waals surface area contributed by atoms with E-state index in [1.807, 2.05) is 0 Å². The zero-order chi connectivity index (χ0) is 60.1. The van der Waals surface area contributed by atoms with Crippen molar-refractivity contribution in [2.24, 2.45) is 5.73 Å². The molecule has 2 atom stereocenters. The highest BCUT2D eigenvalue weighted by Gasteiger charge is 2.26. The Morgan fingerprint density at radius 3 is 0.952 bits per heavy atom. The van der Waals surface area contributed by atoms with Crippen molar-refractivity contribution in [3.05, 3.63) is 134 Å². The van der Waals surface area contributed by atoms with Crippen molar-refractivity contribution in [2.45, 2.75) is 290 Å². The molecule has 0 aliphatic heterocycles. The molecule has 0 radical (unpaired) electrons. The molecule has 0 rings (SSSR count). The summed E-state index contributed by atoms with van der Waals surface area (Å²) in [6.07, 6.45) is 95.6. The van der Waals surface area contributed by atoms with Crippen molar-refractivity contribution in [3.63, 3.8) is 0 Å². The first-order chi connectivity index (χ1) is 40.8. The predicted octanol–water partition coefficient (Wildman–Crippen LogP) is 22.1. The second-order valence-electron chi connectivity index (χ2n) is 21.9. The Morgan fingerprint density at radius 1 is 0.361 bits per heavy atom. The van der Waals surface area contributed by atoms with Gasteiger partial charge in [0.05, 0.1) is 13.2 Å². The third-order valence-electron chi connectivity index (χ3n) is 14.0. The predicted molar refractivity (Wildman–Crippen MR) is 357 cm³/mol. The summed E-state index contributed by atoms with van der Waals surface area (Å²) in [5.41, 5.74) is 5.39. The van der Waals surface area contributed by atoms with E-state index < -0.39 is 32.5 Å². The molecule has 10 heteroatoms. The summed E-state index contributed by atoms with van der Waals surface area (Å²) in [5.74, 6) is -0.877. The van der Waals surface area contributed by atoms with Gasteiger partial charge in [-0.3, -0.25) is 18.6 Å². The van der Waals surface area contributed by atoms with Crippen molar-refractivity contribution < 1.29 is 37.6 Å². The zero-order valence-electron chi connectivity index (χ0n) is 53.1. The van der Waals surface area contributed by atoms with Gasteiger partial charge in [0, 0.05) is 19.4 Å². The largest absolute Gasteiger partial charge is 0.472 e. The maximum Gasteiger partial charge on any atom is 0.472 e. The van der Waals surface area contributed by atoms with Crippen molar-refractivity contribution in [2.75, 3.05) is 26.4 Å². The monoisotopic (exact) mass is 1170 g/mol. The number of allylic oxidation sites excluding steroid dienone is 22. The van der Waals surface area contributed by atoms with Crippen LogP contribution in [0.4, 0.5) is 0 Å². The summed E-state index contributed by atoms with van der Waals surface area (Å²) in [4.78, 5) is 35.2. The fourth-order valence-corrected chi connectivity index (χ4v) is 9.90. The van der Waals surface area contributed by atoms with Crippen LogP contribution >= 0.6 is 7.82 Å². The minimum Gasteiger partial charge on any atom is -0.462 e. The lowest BCUT2D eigenvalue weighted by molar-refractivity contribution is -0.161. The van der Waals surface area contributed by atoms with Gasteiger partial charge in [-0.05, 0) is 109 Å². The second-order valence-corrected chi connectivity index (χ2v) is 23.4. The summed E-state index contributed by atoms with van der Waals surface area (Å²) in [7, 11) is -4.41. The average molecular weight is 1170 g/mol. The number of rotatable bonds is 62. The molecule has 0 aromatic rings. The molecule has 0 amide bonds. The molecule has 0 aromatic heterocycles. The van der Waals surface area contributed by atoms with Gasteiger partial charge in [0.2, 0.25) is 0 Å². The summed E-state index contributed by atoms with van der Waals surface area (Å²) < 4.78 is 33.0. The smallest absolute Gasteiger partial charge is 0.462 e. The molecule has 0 aromatic carbocycles. The van der Waals surface area contributed by atoms with Crippen LogP contribution in [0.1, 0.15) is 284 Å². The number of ether oxygens (including phenoxy) is 2. The molecular formula is C73H124NO8P. The number of hydrogen-bond acceptors (Lipinski definition) is 8. The molecule has 0 spiro atoms. The van der Waals surface area contributed by atoms with Gasteiger partial charge in [0.25, 0.3) is 0 Å². The van der Waals surface area contributed by atoms with E-state index in [9.17, 15) is 19.0 Å². The van der Waals surface area contributed by atoms with Crippen molar-refractivity contribution >= 4 is 19.8 Å². The van der Waals surface area contributed by atoms with E-state index >= 15 is 0 Å². The van der Waals surface area contributed by atoms with Gasteiger partial charge >= 0.3 is 19.8 Å². The summed E-state index contributed by atoms with van der Waals surface area (Å²) in [6, 6.07) is 0. The number of phosphoric acid groups is 1. The van der Waals surface area contributed by atoms with Crippen LogP contribution in [0.3, 0.4) is 0 Å². The van der Waals surface area contributed by atoms with E-state index in [0.29, 0.717) is 6.42 Å². The number of hydrogen-bond donors (Lipinski definition) is 2. The van der Waals surface area contributed by atoms with Gasteiger partial charge in [-0.1, -0.05) is 295 Å². The fraction of sp³-hybridized carbons (Fsp3) is 0.671. The van der Waals surface area contributed by atoms with Crippen LogP contribution < -0.4 is 5.73 Å². The average Bonchev–Trinajstić information content (AvgIpc) is 3.49. The van der Waals surface area contributed by atoms with E-state index in [0.717, 1.165) is 103 Å². The summed E-state index contributed by atoms with van der Waals surface area (Å²) in [5, 5.41) is 0. The minimum atomic E-state index is -4.41. The molecule has 2 unspecified atom stereocenters. The van der Waals surface area contributed by atoms with Gasteiger partial charge in [0.1, 0.15) is 6.61 Å². The Kier molecular flexibility index (Phi) is 64.2. The van der Waals surface area contributed by atoms with Crippen molar-refractivity contribution in [1.29, 1.82) is 0 Å². The quantitative estimate of drug-likeness (QED) is 0.0264. The lowest BCUT2D eigenvalue weighted by Crippen LogP contribution is -2.29. The molecule has 0 fully saturated rings. The van der Waals surface area contributed by atoms with Crippen LogP contribution in [0.2, 0.25) is 0 Å². The van der Waals surface area contributed by atoms with E-state index in [2.05, 4.69) is 148 Å².